The lowest BCUT2D eigenvalue weighted by molar-refractivity contribution is -0.346. The van der Waals surface area contributed by atoms with Gasteiger partial charge >= 0.3 is 17.9 Å². The molecule has 0 radical (unpaired) electrons. The molecular weight excluding hydrogens is 676 g/mol. The van der Waals surface area contributed by atoms with Gasteiger partial charge in [0, 0.05) is 32.8 Å². The van der Waals surface area contributed by atoms with E-state index >= 15 is 0 Å². The third-order valence-electron chi connectivity index (χ3n) is 13.3. The van der Waals surface area contributed by atoms with E-state index in [1.165, 1.54) is 0 Å². The zero-order valence-corrected chi connectivity index (χ0v) is 29.6. The Morgan fingerprint density at radius 2 is 1.49 bits per heavy atom. The van der Waals surface area contributed by atoms with E-state index in [4.69, 9.17) is 28.4 Å². The molecule has 2 bridgehead atoms. The molecule has 0 amide bonds. The van der Waals surface area contributed by atoms with Gasteiger partial charge in [-0.05, 0) is 68.1 Å². The molecule has 2 heterocycles. The highest BCUT2D eigenvalue weighted by Crippen LogP contribution is 2.73. The standard InChI is InChI=1S/C35H54O16/c1-16(38)47-26-25(50-29-24(43)23(42)20(41)14-46-29)21(13-37)49-30(27(26)48-17(2)39)51-31(44)33(4)8-5-7-32(3)22(33)6-9-34-10-18(12-36)35(45,15-34)11-19(40)28(32)34/h18-30,36-37,40-43,45H,5-15H2,1-4H3/t18?,19-,20-,21?,22-,23-,24?,25-,26-,27?,28-,29-,30-,32+,33+,34+,35?/m0/s1. The van der Waals surface area contributed by atoms with Crippen LogP contribution in [0.25, 0.3) is 0 Å². The fourth-order valence-corrected chi connectivity index (χ4v) is 11.4. The summed E-state index contributed by atoms with van der Waals surface area (Å²) < 4.78 is 34.4. The molecule has 17 atom stereocenters. The first kappa shape index (κ1) is 38.7. The van der Waals surface area contributed by atoms with Crippen molar-refractivity contribution in [3.8, 4) is 0 Å². The summed E-state index contributed by atoms with van der Waals surface area (Å²) in [6, 6.07) is 0. The van der Waals surface area contributed by atoms with Crippen molar-refractivity contribution in [3.63, 3.8) is 0 Å². The number of carbonyl (C=O) groups excluding carboxylic acids is 3. The molecule has 0 aromatic heterocycles. The van der Waals surface area contributed by atoms with Crippen molar-refractivity contribution in [2.75, 3.05) is 19.8 Å². The van der Waals surface area contributed by atoms with E-state index in [1.807, 2.05) is 6.92 Å². The van der Waals surface area contributed by atoms with Crippen LogP contribution >= 0.6 is 0 Å². The normalized spacial score (nSPS) is 50.8. The summed E-state index contributed by atoms with van der Waals surface area (Å²) in [6.07, 6.45) is -10.6. The van der Waals surface area contributed by atoms with Crippen LogP contribution < -0.4 is 0 Å². The Bertz CT molecular complexity index is 1330. The first-order chi connectivity index (χ1) is 23.9. The van der Waals surface area contributed by atoms with Gasteiger partial charge in [-0.15, -0.1) is 0 Å². The number of aliphatic hydroxyl groups is 7. The monoisotopic (exact) mass is 730 g/mol. The molecule has 4 aliphatic carbocycles. The maximum absolute atomic E-state index is 14.5. The molecule has 51 heavy (non-hydrogen) atoms. The van der Waals surface area contributed by atoms with Crippen molar-refractivity contribution < 1.29 is 78.6 Å². The minimum absolute atomic E-state index is 0.153. The lowest BCUT2D eigenvalue weighted by atomic mass is 9.40. The Labute approximate surface area is 296 Å². The van der Waals surface area contributed by atoms with Gasteiger partial charge in [0.25, 0.3) is 0 Å². The van der Waals surface area contributed by atoms with Gasteiger partial charge in [-0.3, -0.25) is 14.4 Å². The molecule has 16 nitrogen and oxygen atoms in total. The molecule has 1 spiro atoms. The van der Waals surface area contributed by atoms with Crippen molar-refractivity contribution in [2.24, 2.45) is 34.0 Å². The molecule has 0 aromatic rings. The molecule has 6 fully saturated rings. The van der Waals surface area contributed by atoms with Crippen LogP contribution in [0.3, 0.4) is 0 Å². The molecule has 290 valence electrons. The summed E-state index contributed by atoms with van der Waals surface area (Å²) in [6.45, 7) is 4.76. The van der Waals surface area contributed by atoms with E-state index in [-0.39, 0.29) is 36.2 Å². The number of carbonyl (C=O) groups is 3. The largest absolute Gasteiger partial charge is 0.455 e. The van der Waals surface area contributed by atoms with Gasteiger partial charge in [0.1, 0.15) is 30.5 Å². The van der Waals surface area contributed by atoms with E-state index in [1.54, 1.807) is 0 Å². The van der Waals surface area contributed by atoms with E-state index < -0.39 is 109 Å². The van der Waals surface area contributed by atoms with Gasteiger partial charge in [-0.1, -0.05) is 13.3 Å². The summed E-state index contributed by atoms with van der Waals surface area (Å²) in [7, 11) is 0. The summed E-state index contributed by atoms with van der Waals surface area (Å²) in [5.74, 6) is -3.16. The second-order valence-electron chi connectivity index (χ2n) is 16.5. The molecule has 0 aromatic carbocycles. The highest BCUT2D eigenvalue weighted by atomic mass is 16.8. The maximum Gasteiger partial charge on any atom is 0.314 e. The van der Waals surface area contributed by atoms with Gasteiger partial charge < -0.3 is 64.2 Å². The minimum atomic E-state index is -1.75. The highest BCUT2D eigenvalue weighted by Gasteiger charge is 2.71. The molecule has 5 unspecified atom stereocenters. The molecule has 16 heteroatoms. The van der Waals surface area contributed by atoms with E-state index in [0.29, 0.717) is 38.5 Å². The lowest BCUT2D eigenvalue weighted by Gasteiger charge is -2.65. The second kappa shape index (κ2) is 14.0. The van der Waals surface area contributed by atoms with Gasteiger partial charge in [0.2, 0.25) is 12.4 Å². The van der Waals surface area contributed by atoms with Gasteiger partial charge in [-0.25, -0.2) is 0 Å². The smallest absolute Gasteiger partial charge is 0.314 e. The Morgan fingerprint density at radius 1 is 0.804 bits per heavy atom. The molecule has 4 saturated carbocycles. The predicted octanol–water partition coefficient (Wildman–Crippen LogP) is -0.958. The quantitative estimate of drug-likeness (QED) is 0.117. The summed E-state index contributed by atoms with van der Waals surface area (Å²) in [4.78, 5) is 39.3. The maximum atomic E-state index is 14.5. The fraction of sp³-hybridized carbons (Fsp3) is 0.914. The number of rotatable bonds is 8. The summed E-state index contributed by atoms with van der Waals surface area (Å²) in [5.41, 5.74) is -3.15. The van der Waals surface area contributed by atoms with Crippen LogP contribution in [-0.2, 0) is 42.8 Å². The van der Waals surface area contributed by atoms with Gasteiger partial charge in [-0.2, -0.15) is 0 Å². The molecule has 7 N–H and O–H groups in total. The van der Waals surface area contributed by atoms with Gasteiger partial charge in [0.05, 0.1) is 30.3 Å². The van der Waals surface area contributed by atoms with Crippen molar-refractivity contribution >= 4 is 17.9 Å². The van der Waals surface area contributed by atoms with Crippen molar-refractivity contribution in [1.29, 1.82) is 0 Å². The zero-order valence-electron chi connectivity index (χ0n) is 29.6. The van der Waals surface area contributed by atoms with Crippen molar-refractivity contribution in [3.05, 3.63) is 0 Å². The average Bonchev–Trinajstić information content (AvgIpc) is 3.27. The van der Waals surface area contributed by atoms with Gasteiger partial charge in [0.15, 0.2) is 12.4 Å². The van der Waals surface area contributed by atoms with Crippen LogP contribution in [0.4, 0.5) is 0 Å². The van der Waals surface area contributed by atoms with Crippen LogP contribution in [0, 0.1) is 34.0 Å². The Balaban J connectivity index is 1.27. The fourth-order valence-electron chi connectivity index (χ4n) is 11.4. The number of aliphatic hydroxyl groups excluding tert-OH is 6. The number of hydrogen-bond donors (Lipinski definition) is 7. The SMILES string of the molecule is CC(=O)OC1[C@H](OC(=O)[C@]2(C)CCC[C@@]3(C)[C@@H]4[C@@H](O)CC5(O)C[C@@]4(CC[C@@H]32)CC5CO)OC(CO)[C@H](O[C@@H]2OC[C@H](O)[C@H](O)C2O)[C@@H]1OC(C)=O. The Kier molecular flexibility index (Phi) is 10.6. The zero-order chi connectivity index (χ0) is 37.3. The summed E-state index contributed by atoms with van der Waals surface area (Å²) >= 11 is 0. The van der Waals surface area contributed by atoms with Crippen LogP contribution in [0.1, 0.15) is 79.1 Å². The van der Waals surface area contributed by atoms with E-state index in [9.17, 15) is 50.1 Å². The third-order valence-corrected chi connectivity index (χ3v) is 13.3. The Morgan fingerprint density at radius 3 is 2.14 bits per heavy atom. The van der Waals surface area contributed by atoms with Crippen LogP contribution in [0.15, 0.2) is 0 Å². The number of fused-ring (bicyclic) bond motifs is 3. The lowest BCUT2D eigenvalue weighted by Crippen LogP contribution is -2.66. The van der Waals surface area contributed by atoms with Crippen LogP contribution in [-0.4, -0.2) is 140 Å². The topological polar surface area (TPSA) is 248 Å². The number of esters is 3. The predicted molar refractivity (Wildman–Crippen MR) is 170 cm³/mol. The highest BCUT2D eigenvalue weighted by molar-refractivity contribution is 5.77. The molecular formula is C35H54O16. The molecule has 6 rings (SSSR count). The molecule has 6 aliphatic rings. The summed E-state index contributed by atoms with van der Waals surface area (Å²) in [5, 5.41) is 74.2. The molecule has 2 saturated heterocycles. The van der Waals surface area contributed by atoms with Crippen molar-refractivity contribution in [2.45, 2.75) is 146 Å². The average molecular weight is 731 g/mol. The number of hydrogen-bond acceptors (Lipinski definition) is 16. The van der Waals surface area contributed by atoms with E-state index in [2.05, 4.69) is 6.92 Å². The minimum Gasteiger partial charge on any atom is -0.455 e. The van der Waals surface area contributed by atoms with Crippen LogP contribution in [0.2, 0.25) is 0 Å². The third kappa shape index (κ3) is 6.50. The van der Waals surface area contributed by atoms with E-state index in [0.717, 1.165) is 20.3 Å². The molecule has 2 aliphatic heterocycles. The first-order valence-electron chi connectivity index (χ1n) is 18.1. The van der Waals surface area contributed by atoms with Crippen molar-refractivity contribution in [1.82, 2.24) is 0 Å². The van der Waals surface area contributed by atoms with Crippen LogP contribution in [0.5, 0.6) is 0 Å². The number of ether oxygens (including phenoxy) is 6. The second-order valence-corrected chi connectivity index (χ2v) is 16.5. The first-order valence-corrected chi connectivity index (χ1v) is 18.1. The Hall–Kier alpha value is -1.99.